The number of anilines is 2. The molecule has 4 nitrogen and oxygen atoms in total. The molecule has 102 valence electrons. The second-order valence-corrected chi connectivity index (χ2v) is 6.20. The molecule has 2 heterocycles. The maximum atomic E-state index is 12.3. The summed E-state index contributed by atoms with van der Waals surface area (Å²) in [6, 6.07) is 6.54. The van der Waals surface area contributed by atoms with Gasteiger partial charge in [0.15, 0.2) is 0 Å². The Hall–Kier alpha value is -1.07. The molecular formula is C14H18BrN3O. The van der Waals surface area contributed by atoms with Crippen LogP contribution >= 0.6 is 15.9 Å². The average molecular weight is 324 g/mol. The minimum absolute atomic E-state index is 0.186. The Kier molecular flexibility index (Phi) is 3.50. The number of nitrogens with one attached hydrogen (secondary N) is 1. The Balaban J connectivity index is 1.91. The topological polar surface area (TPSA) is 35.6 Å². The number of benzene rings is 1. The number of fused-ring (bicyclic) bond motifs is 1. The molecule has 1 unspecified atom stereocenters. The minimum Gasteiger partial charge on any atom is -0.364 e. The summed E-state index contributed by atoms with van der Waals surface area (Å²) in [5.74, 6) is 0.186. The van der Waals surface area contributed by atoms with E-state index >= 15 is 0 Å². The fraction of sp³-hybridized carbons (Fsp3) is 0.500. The maximum absolute atomic E-state index is 12.3. The number of hydrogen-bond acceptors (Lipinski definition) is 3. The van der Waals surface area contributed by atoms with Gasteiger partial charge in [-0.05, 0) is 37.6 Å². The van der Waals surface area contributed by atoms with E-state index in [1.54, 1.807) is 0 Å². The quantitative estimate of drug-likeness (QED) is 0.904. The predicted octanol–water partition coefficient (Wildman–Crippen LogP) is 1.98. The molecule has 1 atom stereocenters. The Labute approximate surface area is 121 Å². The fourth-order valence-electron chi connectivity index (χ4n) is 2.87. The number of nitrogens with zero attached hydrogens (tertiary/aromatic N) is 2. The van der Waals surface area contributed by atoms with Crippen molar-refractivity contribution < 1.29 is 4.79 Å². The highest BCUT2D eigenvalue weighted by atomic mass is 79.9. The van der Waals surface area contributed by atoms with Gasteiger partial charge in [-0.3, -0.25) is 4.79 Å². The molecule has 0 radical (unpaired) electrons. The van der Waals surface area contributed by atoms with Gasteiger partial charge < -0.3 is 15.1 Å². The van der Waals surface area contributed by atoms with Gasteiger partial charge in [-0.25, -0.2) is 0 Å². The van der Waals surface area contributed by atoms with E-state index in [9.17, 15) is 4.79 Å². The molecule has 1 aromatic carbocycles. The largest absolute Gasteiger partial charge is 0.364 e. The highest BCUT2D eigenvalue weighted by molar-refractivity contribution is 9.10. The third-order valence-electron chi connectivity index (χ3n) is 3.88. The van der Waals surface area contributed by atoms with E-state index in [0.29, 0.717) is 12.6 Å². The lowest BCUT2D eigenvalue weighted by Gasteiger charge is -2.36. The summed E-state index contributed by atoms with van der Waals surface area (Å²) in [7, 11) is 1.97. The number of carbonyl (C=O) groups excluding carboxylic acids is 1. The predicted molar refractivity (Wildman–Crippen MR) is 80.8 cm³/mol. The molecule has 0 spiro atoms. The van der Waals surface area contributed by atoms with Crippen molar-refractivity contribution >= 4 is 33.2 Å². The second kappa shape index (κ2) is 5.13. The molecule has 2 aliphatic rings. The zero-order chi connectivity index (χ0) is 13.4. The molecule has 0 aromatic heterocycles. The Morgan fingerprint density at radius 2 is 2.26 bits per heavy atom. The Morgan fingerprint density at radius 1 is 1.42 bits per heavy atom. The van der Waals surface area contributed by atoms with E-state index in [1.807, 2.05) is 29.0 Å². The molecule has 0 saturated carbocycles. The van der Waals surface area contributed by atoms with Gasteiger partial charge in [-0.2, -0.15) is 0 Å². The molecule has 5 heteroatoms. The first-order chi connectivity index (χ1) is 9.15. The summed E-state index contributed by atoms with van der Waals surface area (Å²) in [6.07, 6.45) is 2.37. The molecule has 19 heavy (non-hydrogen) atoms. The van der Waals surface area contributed by atoms with Crippen molar-refractivity contribution in [1.82, 2.24) is 5.32 Å². The van der Waals surface area contributed by atoms with Crippen molar-refractivity contribution in [3.8, 4) is 0 Å². The number of amides is 1. The molecular weight excluding hydrogens is 306 g/mol. The van der Waals surface area contributed by atoms with Crippen molar-refractivity contribution in [2.45, 2.75) is 18.9 Å². The Bertz CT molecular complexity index is 499. The van der Waals surface area contributed by atoms with Crippen LogP contribution in [0, 0.1) is 0 Å². The third kappa shape index (κ3) is 2.49. The van der Waals surface area contributed by atoms with E-state index < -0.39 is 0 Å². The summed E-state index contributed by atoms with van der Waals surface area (Å²) in [5.41, 5.74) is 2.14. The third-order valence-corrected chi connectivity index (χ3v) is 4.37. The number of halogens is 1. The van der Waals surface area contributed by atoms with Crippen LogP contribution in [0.15, 0.2) is 22.7 Å². The van der Waals surface area contributed by atoms with Gasteiger partial charge in [0.2, 0.25) is 5.91 Å². The first-order valence-electron chi connectivity index (χ1n) is 6.69. The van der Waals surface area contributed by atoms with Crippen LogP contribution in [0.1, 0.15) is 12.8 Å². The summed E-state index contributed by atoms with van der Waals surface area (Å²) in [4.78, 5) is 16.2. The van der Waals surface area contributed by atoms with Crippen LogP contribution in [-0.4, -0.2) is 38.6 Å². The number of likely N-dealkylation sites (N-methyl/N-ethyl adjacent to an activating group) is 1. The zero-order valence-corrected chi connectivity index (χ0v) is 12.6. The summed E-state index contributed by atoms with van der Waals surface area (Å²) < 4.78 is 1.05. The normalized spacial score (nSPS) is 22.8. The lowest BCUT2D eigenvalue weighted by Crippen LogP contribution is -2.48. The fourth-order valence-corrected chi connectivity index (χ4v) is 3.22. The van der Waals surface area contributed by atoms with Gasteiger partial charge >= 0.3 is 0 Å². The van der Waals surface area contributed by atoms with Gasteiger partial charge in [0.05, 0.1) is 17.9 Å². The van der Waals surface area contributed by atoms with Gasteiger partial charge in [-0.1, -0.05) is 15.9 Å². The SMILES string of the molecule is CN1CC(=O)N(CC2CCCN2)c2ccc(Br)cc21. The number of rotatable bonds is 2. The minimum atomic E-state index is 0.186. The van der Waals surface area contributed by atoms with E-state index in [0.717, 1.165) is 35.4 Å². The first-order valence-corrected chi connectivity index (χ1v) is 7.49. The summed E-state index contributed by atoms with van der Waals surface area (Å²) >= 11 is 3.50. The van der Waals surface area contributed by atoms with E-state index in [1.165, 1.54) is 6.42 Å². The summed E-state index contributed by atoms with van der Waals surface area (Å²) in [6.45, 7) is 2.30. The molecule has 1 fully saturated rings. The van der Waals surface area contributed by atoms with Crippen LogP contribution in [0.3, 0.4) is 0 Å². The van der Waals surface area contributed by atoms with Crippen LogP contribution < -0.4 is 15.1 Å². The van der Waals surface area contributed by atoms with E-state index in [-0.39, 0.29) is 5.91 Å². The summed E-state index contributed by atoms with van der Waals surface area (Å²) in [5, 5.41) is 3.46. The highest BCUT2D eigenvalue weighted by Crippen LogP contribution is 2.35. The standard InChI is InChI=1S/C14H18BrN3O/c1-17-9-14(19)18(8-11-3-2-6-16-11)12-5-4-10(15)7-13(12)17/h4-5,7,11,16H,2-3,6,8-9H2,1H3. The Morgan fingerprint density at radius 3 is 3.00 bits per heavy atom. The van der Waals surface area contributed by atoms with Crippen molar-refractivity contribution in [2.75, 3.05) is 36.5 Å². The molecule has 3 rings (SSSR count). The van der Waals surface area contributed by atoms with Crippen LogP contribution in [0.25, 0.3) is 0 Å². The molecule has 2 aliphatic heterocycles. The molecule has 0 bridgehead atoms. The van der Waals surface area contributed by atoms with Crippen LogP contribution in [0.5, 0.6) is 0 Å². The highest BCUT2D eigenvalue weighted by Gasteiger charge is 2.29. The van der Waals surface area contributed by atoms with Crippen molar-refractivity contribution in [3.63, 3.8) is 0 Å². The molecule has 1 amide bonds. The lowest BCUT2D eigenvalue weighted by atomic mass is 10.1. The van der Waals surface area contributed by atoms with Gasteiger partial charge in [0.1, 0.15) is 0 Å². The smallest absolute Gasteiger partial charge is 0.246 e. The van der Waals surface area contributed by atoms with E-state index in [2.05, 4.69) is 27.3 Å². The number of carbonyl (C=O) groups is 1. The van der Waals surface area contributed by atoms with Crippen LogP contribution in [0.4, 0.5) is 11.4 Å². The van der Waals surface area contributed by atoms with Crippen molar-refractivity contribution in [1.29, 1.82) is 0 Å². The first kappa shape index (κ1) is 12.9. The van der Waals surface area contributed by atoms with E-state index in [4.69, 9.17) is 0 Å². The average Bonchev–Trinajstić information content (AvgIpc) is 2.87. The van der Waals surface area contributed by atoms with Gasteiger partial charge in [0, 0.05) is 24.1 Å². The van der Waals surface area contributed by atoms with Crippen LogP contribution in [0.2, 0.25) is 0 Å². The van der Waals surface area contributed by atoms with Crippen molar-refractivity contribution in [3.05, 3.63) is 22.7 Å². The lowest BCUT2D eigenvalue weighted by molar-refractivity contribution is -0.117. The monoisotopic (exact) mass is 323 g/mol. The van der Waals surface area contributed by atoms with Gasteiger partial charge in [-0.15, -0.1) is 0 Å². The zero-order valence-electron chi connectivity index (χ0n) is 11.0. The van der Waals surface area contributed by atoms with Crippen molar-refractivity contribution in [2.24, 2.45) is 0 Å². The number of hydrogen-bond donors (Lipinski definition) is 1. The maximum Gasteiger partial charge on any atom is 0.246 e. The molecule has 1 N–H and O–H groups in total. The second-order valence-electron chi connectivity index (χ2n) is 5.29. The molecule has 1 aromatic rings. The molecule has 1 saturated heterocycles. The van der Waals surface area contributed by atoms with Gasteiger partial charge in [0.25, 0.3) is 0 Å². The van der Waals surface area contributed by atoms with Crippen LogP contribution in [-0.2, 0) is 4.79 Å². The molecule has 0 aliphatic carbocycles.